The van der Waals surface area contributed by atoms with Crippen LogP contribution in [0.1, 0.15) is 30.1 Å². The zero-order valence-corrected chi connectivity index (χ0v) is 12.7. The lowest BCUT2D eigenvalue weighted by Crippen LogP contribution is -2.22. The molecule has 0 amide bonds. The van der Waals surface area contributed by atoms with Gasteiger partial charge >= 0.3 is 0 Å². The molecule has 114 valence electrons. The molecule has 3 rings (SSSR count). The van der Waals surface area contributed by atoms with Crippen molar-refractivity contribution in [2.75, 3.05) is 0 Å². The zero-order chi connectivity index (χ0) is 14.9. The molecule has 0 spiro atoms. The van der Waals surface area contributed by atoms with Gasteiger partial charge in [-0.25, -0.2) is 13.1 Å². The summed E-state index contributed by atoms with van der Waals surface area (Å²) in [4.78, 5) is 3.24. The van der Waals surface area contributed by atoms with Crippen molar-refractivity contribution in [2.45, 2.75) is 43.8 Å². The fourth-order valence-corrected chi connectivity index (χ4v) is 3.06. The fourth-order valence-electron chi connectivity index (χ4n) is 2.05. The summed E-state index contributed by atoms with van der Waals surface area (Å²) in [5.74, 6) is 1.36. The van der Waals surface area contributed by atoms with E-state index in [1.165, 1.54) is 19.0 Å². The van der Waals surface area contributed by atoms with E-state index in [2.05, 4.69) is 15.0 Å². The summed E-state index contributed by atoms with van der Waals surface area (Å²) in [5.41, 5.74) is 0.871. The average molecular weight is 309 g/mol. The fraction of sp³-hybridized carbons (Fsp3) is 0.429. The van der Waals surface area contributed by atoms with Crippen LogP contribution in [0.15, 0.2) is 33.7 Å². The highest BCUT2D eigenvalue weighted by molar-refractivity contribution is 7.89. The van der Waals surface area contributed by atoms with Crippen LogP contribution in [0, 0.1) is 6.92 Å². The van der Waals surface area contributed by atoms with E-state index in [1.807, 2.05) is 13.0 Å². The minimum absolute atomic E-state index is 0.150. The average Bonchev–Trinajstić information content (AvgIpc) is 2.97. The second-order valence-corrected chi connectivity index (χ2v) is 7.12. The number of furan rings is 1. The predicted molar refractivity (Wildman–Crippen MR) is 78.1 cm³/mol. The molecule has 2 aromatic heterocycles. The lowest BCUT2D eigenvalue weighted by atomic mass is 10.4. The van der Waals surface area contributed by atoms with Crippen molar-refractivity contribution in [3.8, 4) is 0 Å². The van der Waals surface area contributed by atoms with E-state index < -0.39 is 10.0 Å². The van der Waals surface area contributed by atoms with Gasteiger partial charge in [0.1, 0.15) is 11.5 Å². The van der Waals surface area contributed by atoms with Crippen molar-refractivity contribution in [2.24, 2.45) is 0 Å². The first-order valence-corrected chi connectivity index (χ1v) is 8.47. The van der Waals surface area contributed by atoms with E-state index in [0.29, 0.717) is 18.3 Å². The second kappa shape index (κ2) is 5.67. The molecular formula is C14H19N3O3S. The molecule has 0 radical (unpaired) electrons. The van der Waals surface area contributed by atoms with Crippen molar-refractivity contribution < 1.29 is 12.8 Å². The van der Waals surface area contributed by atoms with E-state index in [9.17, 15) is 8.42 Å². The summed E-state index contributed by atoms with van der Waals surface area (Å²) in [7, 11) is -3.52. The van der Waals surface area contributed by atoms with Crippen molar-refractivity contribution in [1.82, 2.24) is 15.0 Å². The van der Waals surface area contributed by atoms with Crippen LogP contribution < -0.4 is 10.0 Å². The van der Waals surface area contributed by atoms with Gasteiger partial charge in [0.05, 0.1) is 11.4 Å². The molecular weight excluding hydrogens is 290 g/mol. The van der Waals surface area contributed by atoms with Crippen molar-refractivity contribution >= 4 is 10.0 Å². The van der Waals surface area contributed by atoms with Gasteiger partial charge in [0.15, 0.2) is 0 Å². The van der Waals surface area contributed by atoms with Gasteiger partial charge in [-0.3, -0.25) is 0 Å². The van der Waals surface area contributed by atoms with Gasteiger partial charge in [-0.15, -0.1) is 0 Å². The summed E-state index contributed by atoms with van der Waals surface area (Å²) >= 11 is 0. The summed E-state index contributed by atoms with van der Waals surface area (Å²) < 4.78 is 32.2. The maximum atomic E-state index is 12.2. The lowest BCUT2D eigenvalue weighted by molar-refractivity contribution is 0.475. The van der Waals surface area contributed by atoms with Gasteiger partial charge < -0.3 is 14.7 Å². The van der Waals surface area contributed by atoms with Gasteiger partial charge in [0.25, 0.3) is 0 Å². The van der Waals surface area contributed by atoms with Gasteiger partial charge in [0, 0.05) is 24.5 Å². The Labute approximate surface area is 124 Å². The molecule has 0 unspecified atom stereocenters. The third-order valence-corrected chi connectivity index (χ3v) is 4.80. The highest BCUT2D eigenvalue weighted by atomic mass is 32.2. The van der Waals surface area contributed by atoms with Crippen molar-refractivity contribution in [3.05, 3.63) is 41.6 Å². The van der Waals surface area contributed by atoms with Gasteiger partial charge in [0.2, 0.25) is 10.0 Å². The predicted octanol–water partition coefficient (Wildman–Crippen LogP) is 1.65. The first-order valence-electron chi connectivity index (χ1n) is 6.98. The van der Waals surface area contributed by atoms with E-state index in [1.54, 1.807) is 12.1 Å². The summed E-state index contributed by atoms with van der Waals surface area (Å²) in [5, 5.41) is 3.34. The first kappa shape index (κ1) is 14.4. The zero-order valence-electron chi connectivity index (χ0n) is 11.8. The number of hydrogen-bond acceptors (Lipinski definition) is 4. The Kier molecular flexibility index (Phi) is 3.88. The molecule has 1 saturated carbocycles. The number of nitrogens with one attached hydrogen (secondary N) is 3. The molecule has 2 heterocycles. The maximum Gasteiger partial charge on any atom is 0.242 e. The van der Waals surface area contributed by atoms with Crippen LogP contribution in [-0.2, 0) is 23.1 Å². The Morgan fingerprint density at radius 2 is 2.14 bits per heavy atom. The number of H-pyrrole nitrogens is 1. The Hall–Kier alpha value is -1.57. The van der Waals surface area contributed by atoms with Crippen LogP contribution in [0.25, 0.3) is 0 Å². The molecule has 6 nitrogen and oxygen atoms in total. The molecule has 0 aromatic carbocycles. The third-order valence-electron chi connectivity index (χ3n) is 3.42. The van der Waals surface area contributed by atoms with Gasteiger partial charge in [-0.2, -0.15) is 0 Å². The normalized spacial score (nSPS) is 15.5. The van der Waals surface area contributed by atoms with Gasteiger partial charge in [-0.1, -0.05) is 0 Å². The van der Waals surface area contributed by atoms with E-state index in [-0.39, 0.29) is 11.4 Å². The molecule has 0 aliphatic heterocycles. The molecule has 0 saturated heterocycles. The highest BCUT2D eigenvalue weighted by Gasteiger charge is 2.21. The molecule has 1 fully saturated rings. The largest absolute Gasteiger partial charge is 0.465 e. The Morgan fingerprint density at radius 3 is 2.81 bits per heavy atom. The molecule has 1 aliphatic rings. The van der Waals surface area contributed by atoms with Crippen LogP contribution in [0.4, 0.5) is 0 Å². The van der Waals surface area contributed by atoms with Crippen molar-refractivity contribution in [1.29, 1.82) is 0 Å². The number of aryl methyl sites for hydroxylation is 1. The third kappa shape index (κ3) is 3.75. The van der Waals surface area contributed by atoms with Crippen LogP contribution in [0.2, 0.25) is 0 Å². The van der Waals surface area contributed by atoms with Crippen LogP contribution in [0.3, 0.4) is 0 Å². The molecule has 1 aliphatic carbocycles. The summed E-state index contributed by atoms with van der Waals surface area (Å²) in [6.07, 6.45) is 3.92. The number of rotatable bonds is 7. The summed E-state index contributed by atoms with van der Waals surface area (Å²) in [6, 6.07) is 5.82. The number of hydrogen-bond donors (Lipinski definition) is 3. The Morgan fingerprint density at radius 1 is 1.33 bits per heavy atom. The molecule has 7 heteroatoms. The molecule has 0 atom stereocenters. The van der Waals surface area contributed by atoms with Gasteiger partial charge in [-0.05, 0) is 38.0 Å². The van der Waals surface area contributed by atoms with E-state index >= 15 is 0 Å². The van der Waals surface area contributed by atoms with E-state index in [0.717, 1.165) is 11.5 Å². The van der Waals surface area contributed by atoms with Crippen LogP contribution in [-0.4, -0.2) is 19.4 Å². The lowest BCUT2D eigenvalue weighted by Gasteiger charge is -2.02. The van der Waals surface area contributed by atoms with Crippen molar-refractivity contribution in [3.63, 3.8) is 0 Å². The highest BCUT2D eigenvalue weighted by Crippen LogP contribution is 2.19. The SMILES string of the molecule is Cc1ccc(CNS(=O)(=O)c2c[nH]c(CNC3CC3)c2)o1. The minimum Gasteiger partial charge on any atom is -0.465 e. The Balaban J connectivity index is 1.60. The molecule has 21 heavy (non-hydrogen) atoms. The maximum absolute atomic E-state index is 12.2. The standard InChI is InChI=1S/C14H19N3O3S/c1-10-2-5-13(20-10)8-17-21(18,19)14-6-12(16-9-14)7-15-11-3-4-11/h2,5-6,9,11,15-17H,3-4,7-8H2,1H3. The smallest absolute Gasteiger partial charge is 0.242 e. The second-order valence-electron chi connectivity index (χ2n) is 5.35. The molecule has 3 N–H and O–H groups in total. The summed E-state index contributed by atoms with van der Waals surface area (Å²) in [6.45, 7) is 2.64. The number of aromatic amines is 1. The van der Waals surface area contributed by atoms with Crippen LogP contribution in [0.5, 0.6) is 0 Å². The topological polar surface area (TPSA) is 87.1 Å². The molecule has 0 bridgehead atoms. The minimum atomic E-state index is -3.52. The Bertz CT molecular complexity index is 713. The monoisotopic (exact) mass is 309 g/mol. The van der Waals surface area contributed by atoms with E-state index in [4.69, 9.17) is 4.42 Å². The number of sulfonamides is 1. The quantitative estimate of drug-likeness (QED) is 0.726. The van der Waals surface area contributed by atoms with Crippen LogP contribution >= 0.6 is 0 Å². The first-order chi connectivity index (χ1) is 10.0. The number of aromatic nitrogens is 1. The molecule has 2 aromatic rings.